The van der Waals surface area contributed by atoms with E-state index in [9.17, 15) is 4.79 Å². The lowest BCUT2D eigenvalue weighted by Gasteiger charge is -2.36. The second-order valence-corrected chi connectivity index (χ2v) is 8.41. The molecule has 2 fully saturated rings. The van der Waals surface area contributed by atoms with E-state index in [4.69, 9.17) is 0 Å². The normalized spacial score (nSPS) is 21.4. The Morgan fingerprint density at radius 3 is 2.69 bits per heavy atom. The Morgan fingerprint density at radius 2 is 1.90 bits per heavy atom. The van der Waals surface area contributed by atoms with Gasteiger partial charge in [-0.3, -0.25) is 14.6 Å². The maximum absolute atomic E-state index is 12.9. The molecule has 2 aliphatic heterocycles. The van der Waals surface area contributed by atoms with Crippen molar-refractivity contribution in [1.82, 2.24) is 34.4 Å². The van der Waals surface area contributed by atoms with Gasteiger partial charge in [-0.25, -0.2) is 14.6 Å². The van der Waals surface area contributed by atoms with Crippen LogP contribution in [-0.2, 0) is 17.8 Å². The quantitative estimate of drug-likeness (QED) is 0.772. The second kappa shape index (κ2) is 8.20. The summed E-state index contributed by atoms with van der Waals surface area (Å²) in [4.78, 5) is 28.4. The molecule has 1 aliphatic carbocycles. The van der Waals surface area contributed by atoms with Gasteiger partial charge in [0.05, 0.1) is 12.2 Å². The van der Waals surface area contributed by atoms with Gasteiger partial charge in [-0.15, -0.1) is 0 Å². The molecule has 0 unspecified atom stereocenters. The van der Waals surface area contributed by atoms with E-state index < -0.39 is 0 Å². The topological polar surface area (TPSA) is 70.4 Å². The molecule has 1 amide bonds. The molecular formula is C21H29N7O. The predicted octanol–water partition coefficient (Wildman–Crippen LogP) is 1.11. The van der Waals surface area contributed by atoms with Crippen LogP contribution in [0.4, 0.5) is 0 Å². The zero-order valence-corrected chi connectivity index (χ0v) is 16.9. The Kier molecular flexibility index (Phi) is 5.28. The fraction of sp³-hybridized carbons (Fsp3) is 0.619. The monoisotopic (exact) mass is 395 g/mol. The molecule has 29 heavy (non-hydrogen) atoms. The van der Waals surface area contributed by atoms with Gasteiger partial charge in [0.25, 0.3) is 0 Å². The van der Waals surface area contributed by atoms with Gasteiger partial charge in [0.1, 0.15) is 0 Å². The molecule has 1 saturated heterocycles. The molecule has 154 valence electrons. The molecule has 2 aromatic heterocycles. The third-order valence-corrected chi connectivity index (χ3v) is 6.53. The van der Waals surface area contributed by atoms with Crippen LogP contribution in [0.15, 0.2) is 24.7 Å². The first kappa shape index (κ1) is 18.7. The Bertz CT molecular complexity index is 848. The fourth-order valence-electron chi connectivity index (χ4n) is 4.61. The van der Waals surface area contributed by atoms with Crippen LogP contribution in [0.1, 0.15) is 36.9 Å². The van der Waals surface area contributed by atoms with E-state index in [1.54, 1.807) is 23.1 Å². The molecule has 2 aromatic rings. The lowest BCUT2D eigenvalue weighted by Crippen LogP contribution is -2.45. The second-order valence-electron chi connectivity index (χ2n) is 8.41. The van der Waals surface area contributed by atoms with E-state index in [2.05, 4.69) is 29.8 Å². The van der Waals surface area contributed by atoms with Crippen LogP contribution < -0.4 is 0 Å². The summed E-state index contributed by atoms with van der Waals surface area (Å²) in [5, 5.41) is 4.64. The molecule has 0 aromatic carbocycles. The first-order valence-electron chi connectivity index (χ1n) is 10.9. The largest absolute Gasteiger partial charge is 0.340 e. The molecule has 0 spiro atoms. The molecule has 3 aliphatic rings. The van der Waals surface area contributed by atoms with E-state index in [0.717, 1.165) is 63.8 Å². The van der Waals surface area contributed by atoms with Gasteiger partial charge in [-0.05, 0) is 25.3 Å². The maximum Gasteiger partial charge on any atom is 0.250 e. The van der Waals surface area contributed by atoms with Crippen LogP contribution in [-0.4, -0.2) is 85.7 Å². The molecule has 0 atom stereocenters. The standard InChI is InChI=1S/C21H29N7O/c29-20(27-10-3-9-26(12-13-27)18-4-1-5-18)16-25-11-6-19-17(14-25)15-28(24-19)21-22-7-2-8-23-21/h2,7-8,15,18H,1,3-6,9-14,16H2. The highest BCUT2D eigenvalue weighted by molar-refractivity contribution is 5.78. The van der Waals surface area contributed by atoms with E-state index in [1.165, 1.54) is 24.8 Å². The van der Waals surface area contributed by atoms with Crippen molar-refractivity contribution >= 4 is 5.91 Å². The highest BCUT2D eigenvalue weighted by Crippen LogP contribution is 2.25. The van der Waals surface area contributed by atoms with Gasteiger partial charge in [0.2, 0.25) is 11.9 Å². The average Bonchev–Trinajstić information content (AvgIpc) is 2.98. The van der Waals surface area contributed by atoms with Gasteiger partial charge < -0.3 is 4.90 Å². The lowest BCUT2D eigenvalue weighted by molar-refractivity contribution is -0.132. The van der Waals surface area contributed by atoms with E-state index in [1.807, 2.05) is 6.20 Å². The zero-order chi connectivity index (χ0) is 19.6. The minimum atomic E-state index is 0.266. The summed E-state index contributed by atoms with van der Waals surface area (Å²) >= 11 is 0. The fourth-order valence-corrected chi connectivity index (χ4v) is 4.61. The van der Waals surface area contributed by atoms with Gasteiger partial charge >= 0.3 is 0 Å². The third kappa shape index (κ3) is 4.04. The summed E-state index contributed by atoms with van der Waals surface area (Å²) in [6, 6.07) is 2.57. The first-order chi connectivity index (χ1) is 14.3. The summed E-state index contributed by atoms with van der Waals surface area (Å²) in [6.45, 7) is 6.06. The minimum absolute atomic E-state index is 0.266. The van der Waals surface area contributed by atoms with Gasteiger partial charge in [-0.2, -0.15) is 5.10 Å². The smallest absolute Gasteiger partial charge is 0.250 e. The Hall–Kier alpha value is -2.32. The molecule has 8 heteroatoms. The highest BCUT2D eigenvalue weighted by atomic mass is 16.2. The molecule has 5 rings (SSSR count). The van der Waals surface area contributed by atoms with E-state index in [-0.39, 0.29) is 5.91 Å². The predicted molar refractivity (Wildman–Crippen MR) is 109 cm³/mol. The van der Waals surface area contributed by atoms with E-state index >= 15 is 0 Å². The van der Waals surface area contributed by atoms with Crippen LogP contribution in [0, 0.1) is 0 Å². The molecule has 1 saturated carbocycles. The van der Waals surface area contributed by atoms with Gasteiger partial charge in [0.15, 0.2) is 0 Å². The number of fused-ring (bicyclic) bond motifs is 1. The maximum atomic E-state index is 12.9. The van der Waals surface area contributed by atoms with Crippen molar-refractivity contribution in [3.63, 3.8) is 0 Å². The Labute approximate surface area is 171 Å². The zero-order valence-electron chi connectivity index (χ0n) is 16.9. The van der Waals surface area contributed by atoms with Crippen molar-refractivity contribution < 1.29 is 4.79 Å². The first-order valence-corrected chi connectivity index (χ1v) is 10.9. The van der Waals surface area contributed by atoms with Crippen molar-refractivity contribution in [2.24, 2.45) is 0 Å². The van der Waals surface area contributed by atoms with Crippen LogP contribution in [0.3, 0.4) is 0 Å². The van der Waals surface area contributed by atoms with Crippen LogP contribution in [0.5, 0.6) is 0 Å². The van der Waals surface area contributed by atoms with Crippen molar-refractivity contribution in [1.29, 1.82) is 0 Å². The Balaban J connectivity index is 1.18. The van der Waals surface area contributed by atoms with Crippen molar-refractivity contribution in [2.45, 2.75) is 44.7 Å². The summed E-state index contributed by atoms with van der Waals surface area (Å²) in [7, 11) is 0. The van der Waals surface area contributed by atoms with Gasteiger partial charge in [0, 0.05) is 75.9 Å². The number of nitrogens with zero attached hydrogens (tertiary/aromatic N) is 7. The Morgan fingerprint density at radius 1 is 1.03 bits per heavy atom. The number of carbonyl (C=O) groups is 1. The molecule has 0 N–H and O–H groups in total. The number of hydrogen-bond donors (Lipinski definition) is 0. The number of rotatable bonds is 4. The number of amides is 1. The molecular weight excluding hydrogens is 366 g/mol. The summed E-state index contributed by atoms with van der Waals surface area (Å²) in [6.07, 6.45) is 11.5. The van der Waals surface area contributed by atoms with Crippen molar-refractivity contribution in [3.05, 3.63) is 35.9 Å². The van der Waals surface area contributed by atoms with Gasteiger partial charge in [-0.1, -0.05) is 6.42 Å². The summed E-state index contributed by atoms with van der Waals surface area (Å²) in [5.41, 5.74) is 2.26. The highest BCUT2D eigenvalue weighted by Gasteiger charge is 2.29. The average molecular weight is 396 g/mol. The van der Waals surface area contributed by atoms with Crippen molar-refractivity contribution in [3.8, 4) is 5.95 Å². The van der Waals surface area contributed by atoms with Crippen LogP contribution >= 0.6 is 0 Å². The minimum Gasteiger partial charge on any atom is -0.340 e. The SMILES string of the molecule is O=C(CN1CCc2nn(-c3ncccn3)cc2C1)N1CCCN(C2CCC2)CC1. The molecule has 4 heterocycles. The number of aromatic nitrogens is 4. The third-order valence-electron chi connectivity index (χ3n) is 6.53. The summed E-state index contributed by atoms with van der Waals surface area (Å²) < 4.78 is 1.75. The number of carbonyl (C=O) groups excluding carboxylic acids is 1. The summed E-state index contributed by atoms with van der Waals surface area (Å²) in [5.74, 6) is 0.854. The molecule has 8 nitrogen and oxygen atoms in total. The lowest BCUT2D eigenvalue weighted by atomic mass is 9.91. The van der Waals surface area contributed by atoms with E-state index in [0.29, 0.717) is 12.5 Å². The van der Waals surface area contributed by atoms with Crippen LogP contribution in [0.2, 0.25) is 0 Å². The number of hydrogen-bond acceptors (Lipinski definition) is 6. The van der Waals surface area contributed by atoms with Crippen molar-refractivity contribution in [2.75, 3.05) is 39.3 Å². The van der Waals surface area contributed by atoms with Crippen LogP contribution in [0.25, 0.3) is 5.95 Å². The molecule has 0 radical (unpaired) electrons. The molecule has 0 bridgehead atoms.